The van der Waals surface area contributed by atoms with Crippen molar-refractivity contribution >= 4 is 39.9 Å². The summed E-state index contributed by atoms with van der Waals surface area (Å²) in [4.78, 5) is 45.1. The summed E-state index contributed by atoms with van der Waals surface area (Å²) in [6, 6.07) is 13.1. The number of nitrogens with zero attached hydrogens (tertiary/aromatic N) is 2. The van der Waals surface area contributed by atoms with E-state index in [0.29, 0.717) is 22.6 Å². The number of benzene rings is 2. The Morgan fingerprint density at radius 3 is 2.59 bits per heavy atom. The molecule has 8 nitrogen and oxygen atoms in total. The summed E-state index contributed by atoms with van der Waals surface area (Å²) in [6.45, 7) is 7.21. The van der Waals surface area contributed by atoms with Crippen LogP contribution in [-0.2, 0) is 20.7 Å². The monoisotopic (exact) mass is 518 g/mol. The minimum atomic E-state index is -0.959. The molecule has 37 heavy (non-hydrogen) atoms. The van der Waals surface area contributed by atoms with Gasteiger partial charge in [0.25, 0.3) is 5.78 Å². The Morgan fingerprint density at radius 2 is 1.95 bits per heavy atom. The second kappa shape index (κ2) is 10.8. The van der Waals surface area contributed by atoms with Crippen molar-refractivity contribution in [2.45, 2.75) is 26.3 Å². The van der Waals surface area contributed by atoms with Crippen molar-refractivity contribution in [3.8, 4) is 5.75 Å². The number of hydrogen-bond acceptors (Lipinski definition) is 8. The molecule has 0 radical (unpaired) electrons. The van der Waals surface area contributed by atoms with E-state index in [0.717, 1.165) is 23.3 Å². The Kier molecular flexibility index (Phi) is 7.54. The first-order chi connectivity index (χ1) is 17.8. The number of methoxy groups -OCH3 is 1. The van der Waals surface area contributed by atoms with Crippen molar-refractivity contribution in [2.75, 3.05) is 18.6 Å². The highest BCUT2D eigenvalue weighted by molar-refractivity contribution is 7.17. The lowest BCUT2D eigenvalue weighted by Crippen LogP contribution is -2.29. The summed E-state index contributed by atoms with van der Waals surface area (Å²) in [5.74, 6) is -2.15. The summed E-state index contributed by atoms with van der Waals surface area (Å²) >= 11 is 0.951. The summed E-state index contributed by atoms with van der Waals surface area (Å²) in [5, 5.41) is 11.4. The highest BCUT2D eigenvalue weighted by atomic mass is 32.1. The van der Waals surface area contributed by atoms with Gasteiger partial charge in [-0.05, 0) is 36.6 Å². The SMILES string of the molecule is C=CCOC(=O)c1sc(N2C(=O)C(=O)C(=C(O)c3cccc(OC)c3)C2c2ccc(CC)cc2)nc1C. The topological polar surface area (TPSA) is 106 Å². The molecular formula is C28H26N2O6S. The number of thiazole rings is 1. The van der Waals surface area contributed by atoms with Crippen molar-refractivity contribution in [3.05, 3.63) is 94.0 Å². The van der Waals surface area contributed by atoms with Gasteiger partial charge in [-0.1, -0.05) is 67.3 Å². The lowest BCUT2D eigenvalue weighted by atomic mass is 9.94. The number of ketones is 1. The number of hydrogen-bond donors (Lipinski definition) is 1. The van der Waals surface area contributed by atoms with Crippen LogP contribution in [-0.4, -0.2) is 41.5 Å². The zero-order valence-electron chi connectivity index (χ0n) is 20.7. The van der Waals surface area contributed by atoms with E-state index in [1.165, 1.54) is 18.1 Å². The molecule has 1 amide bonds. The maximum atomic E-state index is 13.4. The Labute approximate surface area is 218 Å². The molecule has 4 rings (SSSR count). The van der Waals surface area contributed by atoms with Crippen molar-refractivity contribution < 1.29 is 29.0 Å². The van der Waals surface area contributed by atoms with Crippen LogP contribution in [0.3, 0.4) is 0 Å². The van der Waals surface area contributed by atoms with Gasteiger partial charge < -0.3 is 14.6 Å². The number of Topliss-reactive ketones (excluding diaryl/α,β-unsaturated/α-hetero) is 1. The maximum Gasteiger partial charge on any atom is 0.350 e. The highest BCUT2D eigenvalue weighted by Gasteiger charge is 2.48. The lowest BCUT2D eigenvalue weighted by Gasteiger charge is -2.23. The molecular weight excluding hydrogens is 492 g/mol. The third-order valence-electron chi connectivity index (χ3n) is 6.00. The number of aryl methyl sites for hydroxylation is 2. The minimum Gasteiger partial charge on any atom is -0.507 e. The number of aromatic nitrogens is 1. The molecule has 0 spiro atoms. The zero-order chi connectivity index (χ0) is 26.7. The fourth-order valence-corrected chi connectivity index (χ4v) is 5.07. The van der Waals surface area contributed by atoms with Gasteiger partial charge in [0.1, 0.15) is 23.0 Å². The number of amides is 1. The van der Waals surface area contributed by atoms with Gasteiger partial charge in [-0.25, -0.2) is 9.78 Å². The second-order valence-corrected chi connectivity index (χ2v) is 9.27. The average molecular weight is 519 g/mol. The van der Waals surface area contributed by atoms with Gasteiger partial charge in [-0.3, -0.25) is 14.5 Å². The van der Waals surface area contributed by atoms with Crippen LogP contribution in [0.4, 0.5) is 5.13 Å². The quantitative estimate of drug-likeness (QED) is 0.147. The van der Waals surface area contributed by atoms with Crippen LogP contribution in [0.5, 0.6) is 5.75 Å². The van der Waals surface area contributed by atoms with Crippen LogP contribution >= 0.6 is 11.3 Å². The van der Waals surface area contributed by atoms with Gasteiger partial charge in [-0.2, -0.15) is 0 Å². The number of rotatable bonds is 8. The second-order valence-electron chi connectivity index (χ2n) is 8.29. The van der Waals surface area contributed by atoms with E-state index < -0.39 is 23.7 Å². The fraction of sp³-hybridized carbons (Fsp3) is 0.214. The predicted octanol–water partition coefficient (Wildman–Crippen LogP) is 4.99. The molecule has 190 valence electrons. The molecule has 1 N–H and O–H groups in total. The summed E-state index contributed by atoms with van der Waals surface area (Å²) in [6.07, 6.45) is 2.26. The summed E-state index contributed by atoms with van der Waals surface area (Å²) in [7, 11) is 1.50. The van der Waals surface area contributed by atoms with Gasteiger partial charge >= 0.3 is 11.9 Å². The molecule has 0 saturated carbocycles. The predicted molar refractivity (Wildman–Crippen MR) is 141 cm³/mol. The maximum absolute atomic E-state index is 13.4. The third kappa shape index (κ3) is 4.90. The third-order valence-corrected chi connectivity index (χ3v) is 7.14. The molecule has 3 aromatic rings. The van der Waals surface area contributed by atoms with Gasteiger partial charge in [-0.15, -0.1) is 0 Å². The Bertz CT molecular complexity index is 1410. The molecule has 1 aliphatic rings. The Morgan fingerprint density at radius 1 is 1.22 bits per heavy atom. The molecule has 1 unspecified atom stereocenters. The van der Waals surface area contributed by atoms with Gasteiger partial charge in [0, 0.05) is 5.56 Å². The van der Waals surface area contributed by atoms with E-state index >= 15 is 0 Å². The minimum absolute atomic E-state index is 0.0281. The molecule has 1 aliphatic heterocycles. The Hall–Kier alpha value is -4.24. The van der Waals surface area contributed by atoms with Gasteiger partial charge in [0.05, 0.1) is 24.4 Å². The smallest absolute Gasteiger partial charge is 0.350 e. The summed E-state index contributed by atoms with van der Waals surface area (Å²) in [5.41, 5.74) is 2.31. The molecule has 1 atom stereocenters. The zero-order valence-corrected chi connectivity index (χ0v) is 21.5. The largest absolute Gasteiger partial charge is 0.507 e. The normalized spacial score (nSPS) is 16.6. The molecule has 2 heterocycles. The number of carbonyl (C=O) groups excluding carboxylic acids is 3. The first-order valence-corrected chi connectivity index (χ1v) is 12.4. The Balaban J connectivity index is 1.89. The number of esters is 1. The lowest BCUT2D eigenvalue weighted by molar-refractivity contribution is -0.132. The molecule has 9 heteroatoms. The van der Waals surface area contributed by atoms with Crippen LogP contribution < -0.4 is 9.64 Å². The average Bonchev–Trinajstić information content (AvgIpc) is 3.43. The van der Waals surface area contributed by atoms with E-state index in [2.05, 4.69) is 11.6 Å². The van der Waals surface area contributed by atoms with Crippen molar-refractivity contribution in [1.29, 1.82) is 0 Å². The first kappa shape index (κ1) is 25.8. The first-order valence-electron chi connectivity index (χ1n) is 11.6. The molecule has 0 bridgehead atoms. The highest BCUT2D eigenvalue weighted by Crippen LogP contribution is 2.44. The van der Waals surface area contributed by atoms with Crippen LogP contribution in [0.25, 0.3) is 5.76 Å². The van der Waals surface area contributed by atoms with E-state index in [4.69, 9.17) is 9.47 Å². The van der Waals surface area contributed by atoms with Crippen molar-refractivity contribution in [2.24, 2.45) is 0 Å². The molecule has 0 aliphatic carbocycles. The van der Waals surface area contributed by atoms with Crippen molar-refractivity contribution in [1.82, 2.24) is 4.98 Å². The fourth-order valence-electron chi connectivity index (χ4n) is 4.08. The number of carbonyl (C=O) groups is 3. The van der Waals surface area contributed by atoms with E-state index in [9.17, 15) is 19.5 Å². The number of anilines is 1. The molecule has 1 saturated heterocycles. The van der Waals surface area contributed by atoms with E-state index in [-0.39, 0.29) is 27.9 Å². The van der Waals surface area contributed by atoms with Crippen molar-refractivity contribution in [3.63, 3.8) is 0 Å². The van der Waals surface area contributed by atoms with Crippen LogP contribution in [0.15, 0.2) is 66.8 Å². The molecule has 1 aromatic heterocycles. The number of ether oxygens (including phenoxy) is 2. The summed E-state index contributed by atoms with van der Waals surface area (Å²) < 4.78 is 10.4. The van der Waals surface area contributed by atoms with Gasteiger partial charge in [0.15, 0.2) is 5.13 Å². The van der Waals surface area contributed by atoms with E-state index in [1.54, 1.807) is 31.2 Å². The molecule has 2 aromatic carbocycles. The van der Waals surface area contributed by atoms with Crippen LogP contribution in [0.1, 0.15) is 45.0 Å². The number of aliphatic hydroxyl groups is 1. The number of aliphatic hydroxyl groups excluding tert-OH is 1. The molecule has 1 fully saturated rings. The van der Waals surface area contributed by atoms with E-state index in [1.807, 2.05) is 31.2 Å². The standard InChI is InChI=1S/C28H26N2O6S/c1-5-14-36-27(34)25-16(3)29-28(37-25)30-22(18-12-10-17(6-2)11-13-18)21(24(32)26(30)33)23(31)19-8-7-9-20(15-19)35-4/h5,7-13,15,22,31H,1,6,14H2,2-4H3. The van der Waals surface area contributed by atoms with Crippen LogP contribution in [0, 0.1) is 6.92 Å². The van der Waals surface area contributed by atoms with Gasteiger partial charge in [0.2, 0.25) is 0 Å². The van der Waals surface area contributed by atoms with Crippen LogP contribution in [0.2, 0.25) is 0 Å².